The van der Waals surface area contributed by atoms with E-state index >= 15 is 0 Å². The minimum atomic E-state index is 0.261. The Morgan fingerprint density at radius 1 is 1.50 bits per heavy atom. The highest BCUT2D eigenvalue weighted by Gasteiger charge is 2.19. The summed E-state index contributed by atoms with van der Waals surface area (Å²) in [4.78, 5) is 0. The van der Waals surface area contributed by atoms with Crippen LogP contribution < -0.4 is 0 Å². The van der Waals surface area contributed by atoms with E-state index < -0.39 is 0 Å². The van der Waals surface area contributed by atoms with Crippen molar-refractivity contribution in [2.24, 2.45) is 0 Å². The Bertz CT molecular complexity index is 320. The number of ether oxygens (including phenoxy) is 1. The number of hydrogen-bond acceptors (Lipinski definition) is 1. The van der Waals surface area contributed by atoms with Gasteiger partial charge in [-0.3, -0.25) is 0 Å². The SMILES string of the molecule is Cc1cc2c(cc1Br)C(C)OC2. The van der Waals surface area contributed by atoms with E-state index in [-0.39, 0.29) is 6.10 Å². The Morgan fingerprint density at radius 2 is 2.25 bits per heavy atom. The molecule has 2 rings (SSSR count). The molecule has 64 valence electrons. The second kappa shape index (κ2) is 2.86. The smallest absolute Gasteiger partial charge is 0.0805 e. The average Bonchev–Trinajstić information content (AvgIpc) is 2.35. The van der Waals surface area contributed by atoms with Gasteiger partial charge in [0.2, 0.25) is 0 Å². The summed E-state index contributed by atoms with van der Waals surface area (Å²) < 4.78 is 6.69. The van der Waals surface area contributed by atoms with Gasteiger partial charge in [0.15, 0.2) is 0 Å². The number of aryl methyl sites for hydroxylation is 1. The summed E-state index contributed by atoms with van der Waals surface area (Å²) in [6, 6.07) is 4.37. The van der Waals surface area contributed by atoms with E-state index in [2.05, 4.69) is 41.9 Å². The molecule has 12 heavy (non-hydrogen) atoms. The quantitative estimate of drug-likeness (QED) is 0.660. The van der Waals surface area contributed by atoms with Gasteiger partial charge in [-0.1, -0.05) is 22.0 Å². The van der Waals surface area contributed by atoms with Crippen LogP contribution in [0.3, 0.4) is 0 Å². The molecule has 0 aromatic heterocycles. The van der Waals surface area contributed by atoms with E-state index in [1.165, 1.54) is 21.2 Å². The third kappa shape index (κ3) is 1.19. The fourth-order valence-corrected chi connectivity index (χ4v) is 1.93. The van der Waals surface area contributed by atoms with Gasteiger partial charge in [0, 0.05) is 4.47 Å². The van der Waals surface area contributed by atoms with E-state index in [0.717, 1.165) is 6.61 Å². The van der Waals surface area contributed by atoms with Gasteiger partial charge in [-0.05, 0) is 36.6 Å². The zero-order valence-electron chi connectivity index (χ0n) is 7.23. The monoisotopic (exact) mass is 226 g/mol. The summed E-state index contributed by atoms with van der Waals surface area (Å²) in [6.07, 6.45) is 0.261. The van der Waals surface area contributed by atoms with Crippen LogP contribution >= 0.6 is 15.9 Å². The van der Waals surface area contributed by atoms with E-state index in [1.54, 1.807) is 0 Å². The van der Waals surface area contributed by atoms with Gasteiger partial charge in [-0.25, -0.2) is 0 Å². The summed E-state index contributed by atoms with van der Waals surface area (Å²) in [5, 5.41) is 0. The Morgan fingerprint density at radius 3 is 3.00 bits per heavy atom. The molecule has 0 spiro atoms. The van der Waals surface area contributed by atoms with Crippen molar-refractivity contribution in [2.75, 3.05) is 0 Å². The third-order valence-corrected chi connectivity index (χ3v) is 3.20. The normalized spacial score (nSPS) is 21.1. The molecule has 1 aromatic rings. The van der Waals surface area contributed by atoms with Crippen LogP contribution in [0.25, 0.3) is 0 Å². The fraction of sp³-hybridized carbons (Fsp3) is 0.400. The van der Waals surface area contributed by atoms with Crippen molar-refractivity contribution in [1.82, 2.24) is 0 Å². The van der Waals surface area contributed by atoms with Crippen LogP contribution in [0.15, 0.2) is 16.6 Å². The molecule has 0 aliphatic carbocycles. The molecule has 0 amide bonds. The predicted octanol–water partition coefficient (Wildman–Crippen LogP) is 3.35. The van der Waals surface area contributed by atoms with Crippen LogP contribution in [0.1, 0.15) is 29.7 Å². The molecule has 1 heterocycles. The number of fused-ring (bicyclic) bond motifs is 1. The molecule has 0 saturated heterocycles. The summed E-state index contributed by atoms with van der Waals surface area (Å²) in [5.74, 6) is 0. The van der Waals surface area contributed by atoms with Gasteiger partial charge in [-0.15, -0.1) is 0 Å². The van der Waals surface area contributed by atoms with Gasteiger partial charge in [0.1, 0.15) is 0 Å². The van der Waals surface area contributed by atoms with Crippen molar-refractivity contribution in [1.29, 1.82) is 0 Å². The second-order valence-electron chi connectivity index (χ2n) is 3.25. The lowest BCUT2D eigenvalue weighted by molar-refractivity contribution is 0.0796. The minimum absolute atomic E-state index is 0.261. The van der Waals surface area contributed by atoms with Gasteiger partial charge in [0.05, 0.1) is 12.7 Å². The first kappa shape index (κ1) is 8.27. The van der Waals surface area contributed by atoms with Crippen LogP contribution in [0.5, 0.6) is 0 Å². The van der Waals surface area contributed by atoms with E-state index in [4.69, 9.17) is 4.74 Å². The molecule has 0 radical (unpaired) electrons. The number of hydrogen-bond donors (Lipinski definition) is 0. The van der Waals surface area contributed by atoms with Crippen molar-refractivity contribution < 1.29 is 4.74 Å². The van der Waals surface area contributed by atoms with Crippen molar-refractivity contribution in [3.05, 3.63) is 33.3 Å². The van der Waals surface area contributed by atoms with Gasteiger partial charge in [0.25, 0.3) is 0 Å². The molecule has 0 bridgehead atoms. The maximum atomic E-state index is 5.51. The molecule has 0 N–H and O–H groups in total. The standard InChI is InChI=1S/C10H11BrO/c1-6-3-8-5-12-7(2)9(8)4-10(6)11/h3-4,7H,5H2,1-2H3. The molecule has 1 atom stereocenters. The van der Waals surface area contributed by atoms with Crippen LogP contribution in [0.2, 0.25) is 0 Å². The average molecular weight is 227 g/mol. The van der Waals surface area contributed by atoms with Crippen LogP contribution in [-0.2, 0) is 11.3 Å². The van der Waals surface area contributed by atoms with Crippen LogP contribution in [-0.4, -0.2) is 0 Å². The molecule has 1 nitrogen and oxygen atoms in total. The molecule has 1 aliphatic rings. The molecule has 1 aliphatic heterocycles. The van der Waals surface area contributed by atoms with Crippen molar-refractivity contribution >= 4 is 15.9 Å². The first-order valence-electron chi connectivity index (χ1n) is 4.09. The number of rotatable bonds is 0. The third-order valence-electron chi connectivity index (χ3n) is 2.35. The molecular weight excluding hydrogens is 216 g/mol. The minimum Gasteiger partial charge on any atom is -0.369 e. The summed E-state index contributed by atoms with van der Waals surface area (Å²) in [7, 11) is 0. The summed E-state index contributed by atoms with van der Waals surface area (Å²) >= 11 is 3.52. The fourth-order valence-electron chi connectivity index (χ4n) is 1.56. The maximum Gasteiger partial charge on any atom is 0.0805 e. The molecule has 1 unspecified atom stereocenters. The van der Waals surface area contributed by atoms with E-state index in [1.807, 2.05) is 0 Å². The van der Waals surface area contributed by atoms with Crippen LogP contribution in [0, 0.1) is 6.92 Å². The van der Waals surface area contributed by atoms with Crippen molar-refractivity contribution in [2.45, 2.75) is 26.6 Å². The largest absolute Gasteiger partial charge is 0.369 e. The molecule has 0 saturated carbocycles. The first-order chi connectivity index (χ1) is 5.68. The zero-order chi connectivity index (χ0) is 8.72. The Kier molecular flexibility index (Phi) is 1.97. The van der Waals surface area contributed by atoms with Crippen LogP contribution in [0.4, 0.5) is 0 Å². The highest BCUT2D eigenvalue weighted by Crippen LogP contribution is 2.33. The lowest BCUT2D eigenvalue weighted by atomic mass is 10.0. The predicted molar refractivity (Wildman–Crippen MR) is 52.1 cm³/mol. The lowest BCUT2D eigenvalue weighted by Crippen LogP contribution is -1.88. The van der Waals surface area contributed by atoms with Gasteiger partial charge in [-0.2, -0.15) is 0 Å². The molecule has 2 heteroatoms. The summed E-state index contributed by atoms with van der Waals surface area (Å²) in [5.41, 5.74) is 3.95. The first-order valence-corrected chi connectivity index (χ1v) is 4.88. The van der Waals surface area contributed by atoms with E-state index in [9.17, 15) is 0 Å². The zero-order valence-corrected chi connectivity index (χ0v) is 8.81. The highest BCUT2D eigenvalue weighted by molar-refractivity contribution is 9.10. The highest BCUT2D eigenvalue weighted by atomic mass is 79.9. The van der Waals surface area contributed by atoms with Gasteiger partial charge >= 0.3 is 0 Å². The second-order valence-corrected chi connectivity index (χ2v) is 4.11. The summed E-state index contributed by atoms with van der Waals surface area (Å²) in [6.45, 7) is 4.96. The topological polar surface area (TPSA) is 9.23 Å². The van der Waals surface area contributed by atoms with Crippen molar-refractivity contribution in [3.8, 4) is 0 Å². The number of halogens is 1. The number of benzene rings is 1. The Balaban J connectivity index is 2.56. The van der Waals surface area contributed by atoms with Crippen molar-refractivity contribution in [3.63, 3.8) is 0 Å². The molecule has 0 fully saturated rings. The van der Waals surface area contributed by atoms with E-state index in [0.29, 0.717) is 0 Å². The van der Waals surface area contributed by atoms with Gasteiger partial charge < -0.3 is 4.74 Å². The molecule has 1 aromatic carbocycles. The molecular formula is C10H11BrO. The lowest BCUT2D eigenvalue weighted by Gasteiger charge is -2.05. The Labute approximate surface area is 80.9 Å². The Hall–Kier alpha value is -0.340. The maximum absolute atomic E-state index is 5.51.